The number of anilines is 3. The molecule has 0 amide bonds. The minimum Gasteiger partial charge on any atom is -0.364 e. The predicted octanol–water partition coefficient (Wildman–Crippen LogP) is 3.67. The van der Waals surface area contributed by atoms with E-state index in [0.717, 1.165) is 11.3 Å². The molecule has 0 saturated carbocycles. The van der Waals surface area contributed by atoms with Gasteiger partial charge in [-0.2, -0.15) is 10.1 Å². The predicted molar refractivity (Wildman–Crippen MR) is 88.0 cm³/mol. The highest BCUT2D eigenvalue weighted by atomic mass is 19.1. The lowest BCUT2D eigenvalue weighted by Crippen LogP contribution is -2.07. The molecule has 0 aliphatic rings. The van der Waals surface area contributed by atoms with Gasteiger partial charge >= 0.3 is 0 Å². The topological polar surface area (TPSA) is 62.7 Å². The van der Waals surface area contributed by atoms with Crippen molar-refractivity contribution in [2.75, 3.05) is 10.6 Å². The van der Waals surface area contributed by atoms with Crippen LogP contribution in [0.25, 0.3) is 0 Å². The van der Waals surface area contributed by atoms with Gasteiger partial charge in [0.2, 0.25) is 5.95 Å². The molecule has 0 bridgehead atoms. The Morgan fingerprint density at radius 3 is 2.65 bits per heavy atom. The molecule has 5 nitrogen and oxygen atoms in total. The molecule has 0 atom stereocenters. The van der Waals surface area contributed by atoms with Crippen molar-refractivity contribution < 1.29 is 4.39 Å². The zero-order valence-electron chi connectivity index (χ0n) is 12.6. The van der Waals surface area contributed by atoms with E-state index in [-0.39, 0.29) is 5.82 Å². The summed E-state index contributed by atoms with van der Waals surface area (Å²) < 4.78 is 13.6. The molecule has 3 rings (SSSR count). The van der Waals surface area contributed by atoms with Crippen molar-refractivity contribution in [1.29, 1.82) is 0 Å². The average molecular weight is 309 g/mol. The number of aromatic nitrogens is 3. The number of rotatable bonds is 5. The summed E-state index contributed by atoms with van der Waals surface area (Å²) >= 11 is 0. The van der Waals surface area contributed by atoms with Crippen LogP contribution in [0.2, 0.25) is 0 Å². The molecular formula is C17H16FN5. The fraction of sp³-hybridized carbons (Fsp3) is 0.118. The van der Waals surface area contributed by atoms with Gasteiger partial charge in [0.05, 0.1) is 6.20 Å². The Labute approximate surface area is 133 Å². The zero-order chi connectivity index (χ0) is 16.1. The highest BCUT2D eigenvalue weighted by Crippen LogP contribution is 2.17. The first kappa shape index (κ1) is 14.9. The maximum Gasteiger partial charge on any atom is 0.249 e. The second-order valence-electron chi connectivity index (χ2n) is 5.05. The van der Waals surface area contributed by atoms with Crippen molar-refractivity contribution in [3.63, 3.8) is 0 Å². The molecule has 1 aromatic heterocycles. The molecule has 0 spiro atoms. The fourth-order valence-corrected chi connectivity index (χ4v) is 2.10. The Morgan fingerprint density at radius 1 is 1.04 bits per heavy atom. The highest BCUT2D eigenvalue weighted by Gasteiger charge is 2.04. The molecule has 0 fully saturated rings. The molecule has 0 aliphatic heterocycles. The maximum atomic E-state index is 13.6. The fourth-order valence-electron chi connectivity index (χ4n) is 2.10. The van der Waals surface area contributed by atoms with Gasteiger partial charge in [0.1, 0.15) is 5.82 Å². The highest BCUT2D eigenvalue weighted by molar-refractivity contribution is 5.58. The summed E-state index contributed by atoms with van der Waals surface area (Å²) in [5, 5.41) is 14.0. The molecule has 1 heterocycles. The summed E-state index contributed by atoms with van der Waals surface area (Å²) in [6.07, 6.45) is 1.50. The van der Waals surface area contributed by atoms with Crippen molar-refractivity contribution in [2.24, 2.45) is 0 Å². The first-order valence-corrected chi connectivity index (χ1v) is 7.22. The van der Waals surface area contributed by atoms with Crippen molar-refractivity contribution in [3.8, 4) is 0 Å². The van der Waals surface area contributed by atoms with E-state index in [1.54, 1.807) is 18.2 Å². The Morgan fingerprint density at radius 2 is 1.83 bits per heavy atom. The quantitative estimate of drug-likeness (QED) is 0.753. The summed E-state index contributed by atoms with van der Waals surface area (Å²) in [6, 6.07) is 14.5. The molecule has 6 heteroatoms. The largest absolute Gasteiger partial charge is 0.364 e. The number of halogens is 1. The Bertz CT molecular complexity index is 806. The third kappa shape index (κ3) is 3.79. The standard InChI is InChI=1S/C17H16FN5/c1-12-6-2-5-9-15(12)21-17-22-16(11-20-23-17)19-10-13-7-3-4-8-14(13)18/h2-9,11H,10H2,1H3,(H2,19,21,22,23). The lowest BCUT2D eigenvalue weighted by Gasteiger charge is -2.09. The van der Waals surface area contributed by atoms with Crippen LogP contribution in [0.3, 0.4) is 0 Å². The molecule has 0 aliphatic carbocycles. The SMILES string of the molecule is Cc1ccccc1Nc1nncc(NCc2ccccc2F)n1. The van der Waals surface area contributed by atoms with Gasteiger partial charge in [-0.15, -0.1) is 5.10 Å². The summed E-state index contributed by atoms with van der Waals surface area (Å²) in [5.41, 5.74) is 2.57. The van der Waals surface area contributed by atoms with Crippen LogP contribution < -0.4 is 10.6 Å². The van der Waals surface area contributed by atoms with Gasteiger partial charge in [-0.25, -0.2) is 4.39 Å². The second kappa shape index (κ2) is 6.83. The normalized spacial score (nSPS) is 10.3. The Kier molecular flexibility index (Phi) is 4.42. The van der Waals surface area contributed by atoms with Gasteiger partial charge in [-0.05, 0) is 24.6 Å². The van der Waals surface area contributed by atoms with E-state index in [1.165, 1.54) is 12.3 Å². The van der Waals surface area contributed by atoms with Crippen molar-refractivity contribution in [3.05, 3.63) is 71.7 Å². The van der Waals surface area contributed by atoms with E-state index >= 15 is 0 Å². The van der Waals surface area contributed by atoms with Crippen molar-refractivity contribution >= 4 is 17.5 Å². The maximum absolute atomic E-state index is 13.6. The van der Waals surface area contributed by atoms with Crippen LogP contribution in [0.4, 0.5) is 21.8 Å². The molecule has 2 N–H and O–H groups in total. The van der Waals surface area contributed by atoms with E-state index in [9.17, 15) is 4.39 Å². The summed E-state index contributed by atoms with van der Waals surface area (Å²) in [7, 11) is 0. The monoisotopic (exact) mass is 309 g/mol. The number of benzene rings is 2. The van der Waals surface area contributed by atoms with Gasteiger partial charge in [-0.1, -0.05) is 36.4 Å². The minimum absolute atomic E-state index is 0.250. The number of aryl methyl sites for hydroxylation is 1. The van der Waals surface area contributed by atoms with Crippen LogP contribution in [0.15, 0.2) is 54.7 Å². The van der Waals surface area contributed by atoms with Crippen LogP contribution in [0, 0.1) is 12.7 Å². The molecule has 0 saturated heterocycles. The Balaban J connectivity index is 1.70. The van der Waals surface area contributed by atoms with E-state index in [0.29, 0.717) is 23.9 Å². The smallest absolute Gasteiger partial charge is 0.249 e. The van der Waals surface area contributed by atoms with Gasteiger partial charge in [0, 0.05) is 17.8 Å². The third-order valence-electron chi connectivity index (χ3n) is 3.37. The van der Waals surface area contributed by atoms with Gasteiger partial charge in [-0.3, -0.25) is 0 Å². The second-order valence-corrected chi connectivity index (χ2v) is 5.05. The first-order chi connectivity index (χ1) is 11.2. The molecule has 2 aromatic carbocycles. The summed E-state index contributed by atoms with van der Waals surface area (Å²) in [4.78, 5) is 4.34. The van der Waals surface area contributed by atoms with Crippen LogP contribution in [-0.2, 0) is 6.54 Å². The number of para-hydroxylation sites is 1. The molecule has 23 heavy (non-hydrogen) atoms. The molecule has 0 radical (unpaired) electrons. The zero-order valence-corrected chi connectivity index (χ0v) is 12.6. The van der Waals surface area contributed by atoms with Gasteiger partial charge < -0.3 is 10.6 Å². The number of nitrogens with zero attached hydrogens (tertiary/aromatic N) is 3. The minimum atomic E-state index is -0.250. The van der Waals surface area contributed by atoms with Crippen LogP contribution in [0.5, 0.6) is 0 Å². The number of hydrogen-bond acceptors (Lipinski definition) is 5. The van der Waals surface area contributed by atoms with Gasteiger partial charge in [0.25, 0.3) is 0 Å². The molecule has 0 unspecified atom stereocenters. The van der Waals surface area contributed by atoms with E-state index in [2.05, 4.69) is 25.8 Å². The van der Waals surface area contributed by atoms with E-state index in [1.807, 2.05) is 31.2 Å². The van der Waals surface area contributed by atoms with E-state index in [4.69, 9.17) is 0 Å². The lowest BCUT2D eigenvalue weighted by molar-refractivity contribution is 0.613. The summed E-state index contributed by atoms with van der Waals surface area (Å²) in [5.74, 6) is 0.664. The van der Waals surface area contributed by atoms with Crippen molar-refractivity contribution in [2.45, 2.75) is 13.5 Å². The molecular weight excluding hydrogens is 293 g/mol. The number of hydrogen-bond donors (Lipinski definition) is 2. The third-order valence-corrected chi connectivity index (χ3v) is 3.37. The molecule has 116 valence electrons. The van der Waals surface area contributed by atoms with Crippen LogP contribution in [-0.4, -0.2) is 15.2 Å². The van der Waals surface area contributed by atoms with Crippen LogP contribution in [0.1, 0.15) is 11.1 Å². The Hall–Kier alpha value is -3.02. The lowest BCUT2D eigenvalue weighted by atomic mass is 10.2. The average Bonchev–Trinajstić information content (AvgIpc) is 2.57. The summed E-state index contributed by atoms with van der Waals surface area (Å²) in [6.45, 7) is 2.32. The van der Waals surface area contributed by atoms with E-state index < -0.39 is 0 Å². The first-order valence-electron chi connectivity index (χ1n) is 7.22. The van der Waals surface area contributed by atoms with Gasteiger partial charge in [0.15, 0.2) is 5.82 Å². The number of nitrogens with one attached hydrogen (secondary N) is 2. The molecule has 3 aromatic rings. The van der Waals surface area contributed by atoms with Crippen molar-refractivity contribution in [1.82, 2.24) is 15.2 Å². The van der Waals surface area contributed by atoms with Crippen LogP contribution >= 0.6 is 0 Å².